The molecule has 1 amide bonds. The van der Waals surface area contributed by atoms with Crippen molar-refractivity contribution in [2.75, 3.05) is 13.2 Å². The summed E-state index contributed by atoms with van der Waals surface area (Å²) in [5.41, 5.74) is -0.117. The van der Waals surface area contributed by atoms with E-state index in [1.165, 1.54) is 12.1 Å². The second kappa shape index (κ2) is 7.49. The number of hydrogen-bond acceptors (Lipinski definition) is 3. The maximum atomic E-state index is 12.1. The Morgan fingerprint density at radius 2 is 2.00 bits per heavy atom. The highest BCUT2D eigenvalue weighted by molar-refractivity contribution is 5.94. The smallest absolute Gasteiger partial charge is 0.406 e. The van der Waals surface area contributed by atoms with Crippen LogP contribution >= 0.6 is 0 Å². The Bertz CT molecular complexity index is 501. The second-order valence-corrected chi connectivity index (χ2v) is 5.76. The second-order valence-electron chi connectivity index (χ2n) is 5.76. The highest BCUT2D eigenvalue weighted by Gasteiger charge is 2.31. The number of aliphatic hydroxyl groups is 1. The van der Waals surface area contributed by atoms with Gasteiger partial charge in [0.25, 0.3) is 5.91 Å². The van der Waals surface area contributed by atoms with Gasteiger partial charge in [-0.1, -0.05) is 19.9 Å². The van der Waals surface area contributed by atoms with E-state index in [1.807, 2.05) is 13.8 Å². The fourth-order valence-electron chi connectivity index (χ4n) is 1.78. The zero-order valence-electron chi connectivity index (χ0n) is 12.5. The molecule has 7 heteroatoms. The molecule has 1 aromatic rings. The molecule has 0 saturated heterocycles. The van der Waals surface area contributed by atoms with Crippen molar-refractivity contribution < 1.29 is 27.8 Å². The van der Waals surface area contributed by atoms with Crippen LogP contribution in [0.4, 0.5) is 13.2 Å². The molecule has 0 radical (unpaired) electrons. The van der Waals surface area contributed by atoms with Crippen molar-refractivity contribution in [1.82, 2.24) is 5.32 Å². The molecule has 0 aliphatic carbocycles. The van der Waals surface area contributed by atoms with Crippen LogP contribution in [0.1, 0.15) is 37.0 Å². The number of carbonyl (C=O) groups excluding carboxylic acids is 1. The maximum absolute atomic E-state index is 12.1. The van der Waals surface area contributed by atoms with E-state index in [4.69, 9.17) is 5.11 Å². The number of ether oxygens (including phenoxy) is 1. The highest BCUT2D eigenvalue weighted by atomic mass is 19.4. The Morgan fingerprint density at radius 1 is 1.32 bits per heavy atom. The van der Waals surface area contributed by atoms with Crippen LogP contribution in [0.15, 0.2) is 24.3 Å². The van der Waals surface area contributed by atoms with E-state index >= 15 is 0 Å². The molecule has 0 aromatic heterocycles. The maximum Gasteiger partial charge on any atom is 0.573 e. The van der Waals surface area contributed by atoms with Crippen LogP contribution in [0.5, 0.6) is 5.75 Å². The van der Waals surface area contributed by atoms with Gasteiger partial charge in [0.2, 0.25) is 0 Å². The van der Waals surface area contributed by atoms with Gasteiger partial charge in [-0.05, 0) is 36.5 Å². The first-order valence-electron chi connectivity index (χ1n) is 6.88. The fourth-order valence-corrected chi connectivity index (χ4v) is 1.78. The van der Waals surface area contributed by atoms with Gasteiger partial charge in [0, 0.05) is 18.7 Å². The predicted octanol–water partition coefficient (Wildman–Crippen LogP) is 3.11. The Morgan fingerprint density at radius 3 is 2.59 bits per heavy atom. The number of halogens is 3. The molecule has 0 spiro atoms. The molecular weight excluding hydrogens is 299 g/mol. The van der Waals surface area contributed by atoms with Crippen molar-refractivity contribution >= 4 is 5.91 Å². The van der Waals surface area contributed by atoms with E-state index < -0.39 is 18.0 Å². The Kier molecular flexibility index (Phi) is 6.22. The van der Waals surface area contributed by atoms with Crippen molar-refractivity contribution in [2.24, 2.45) is 5.41 Å². The standard InChI is InChI=1S/C15H20F3NO3/c1-14(2,10-20)7-4-8-19-13(21)11-5-3-6-12(9-11)22-15(16,17)18/h3,5-6,9,20H,4,7-8,10H2,1-2H3,(H,19,21). The van der Waals surface area contributed by atoms with E-state index in [-0.39, 0.29) is 17.6 Å². The van der Waals surface area contributed by atoms with Gasteiger partial charge < -0.3 is 15.2 Å². The minimum absolute atomic E-state index is 0.0533. The van der Waals surface area contributed by atoms with Crippen LogP contribution < -0.4 is 10.1 Å². The van der Waals surface area contributed by atoms with E-state index in [1.54, 1.807) is 0 Å². The molecule has 0 aliphatic rings. The molecule has 0 saturated carbocycles. The van der Waals surface area contributed by atoms with Crippen LogP contribution in [0.25, 0.3) is 0 Å². The minimum atomic E-state index is -4.79. The van der Waals surface area contributed by atoms with Gasteiger partial charge in [-0.15, -0.1) is 13.2 Å². The lowest BCUT2D eigenvalue weighted by Crippen LogP contribution is -2.26. The molecule has 22 heavy (non-hydrogen) atoms. The molecule has 0 fully saturated rings. The summed E-state index contributed by atoms with van der Waals surface area (Å²) in [6.45, 7) is 4.25. The lowest BCUT2D eigenvalue weighted by molar-refractivity contribution is -0.274. The zero-order chi connectivity index (χ0) is 16.8. The molecular formula is C15H20F3NO3. The largest absolute Gasteiger partial charge is 0.573 e. The number of amides is 1. The summed E-state index contributed by atoms with van der Waals surface area (Å²) in [4.78, 5) is 11.9. The first-order valence-corrected chi connectivity index (χ1v) is 6.88. The third-order valence-corrected chi connectivity index (χ3v) is 3.07. The molecule has 0 unspecified atom stereocenters. The summed E-state index contributed by atoms with van der Waals surface area (Å²) in [7, 11) is 0. The van der Waals surface area contributed by atoms with Crippen LogP contribution in [-0.4, -0.2) is 30.5 Å². The molecule has 0 aliphatic heterocycles. The number of hydrogen-bond donors (Lipinski definition) is 2. The van der Waals surface area contributed by atoms with Crippen molar-refractivity contribution in [3.8, 4) is 5.75 Å². The first-order chi connectivity index (χ1) is 10.1. The van der Waals surface area contributed by atoms with Crippen LogP contribution in [0.2, 0.25) is 0 Å². The average molecular weight is 319 g/mol. The lowest BCUT2D eigenvalue weighted by Gasteiger charge is -2.21. The van der Waals surface area contributed by atoms with E-state index in [0.29, 0.717) is 13.0 Å². The van der Waals surface area contributed by atoms with Crippen LogP contribution in [0.3, 0.4) is 0 Å². The molecule has 0 atom stereocenters. The summed E-state index contributed by atoms with van der Waals surface area (Å²) < 4.78 is 40.1. The summed E-state index contributed by atoms with van der Waals surface area (Å²) in [6.07, 6.45) is -3.40. The molecule has 2 N–H and O–H groups in total. The summed E-state index contributed by atoms with van der Waals surface area (Å²) in [6, 6.07) is 4.91. The number of alkyl halides is 3. The quantitative estimate of drug-likeness (QED) is 0.759. The number of carbonyl (C=O) groups is 1. The van der Waals surface area contributed by atoms with Gasteiger partial charge in [0.15, 0.2) is 0 Å². The predicted molar refractivity (Wildman–Crippen MR) is 75.6 cm³/mol. The topological polar surface area (TPSA) is 58.6 Å². The molecule has 124 valence electrons. The number of nitrogens with one attached hydrogen (secondary N) is 1. The number of benzene rings is 1. The molecule has 1 rings (SSSR count). The van der Waals surface area contributed by atoms with Gasteiger partial charge in [-0.3, -0.25) is 4.79 Å². The van der Waals surface area contributed by atoms with Gasteiger partial charge >= 0.3 is 6.36 Å². The highest BCUT2D eigenvalue weighted by Crippen LogP contribution is 2.23. The van der Waals surface area contributed by atoms with Gasteiger partial charge in [-0.25, -0.2) is 0 Å². The van der Waals surface area contributed by atoms with Crippen LogP contribution in [-0.2, 0) is 0 Å². The minimum Gasteiger partial charge on any atom is -0.406 e. The molecule has 0 bridgehead atoms. The van der Waals surface area contributed by atoms with Crippen molar-refractivity contribution in [3.05, 3.63) is 29.8 Å². The van der Waals surface area contributed by atoms with E-state index in [9.17, 15) is 18.0 Å². The third-order valence-electron chi connectivity index (χ3n) is 3.07. The Balaban J connectivity index is 2.51. The monoisotopic (exact) mass is 319 g/mol. The van der Waals surface area contributed by atoms with Gasteiger partial charge in [-0.2, -0.15) is 0 Å². The Labute approximate surface area is 127 Å². The number of rotatable bonds is 7. The Hall–Kier alpha value is -1.76. The zero-order valence-corrected chi connectivity index (χ0v) is 12.5. The van der Waals surface area contributed by atoms with Crippen molar-refractivity contribution in [2.45, 2.75) is 33.1 Å². The first kappa shape index (κ1) is 18.3. The third kappa shape index (κ3) is 6.80. The van der Waals surface area contributed by atoms with E-state index in [2.05, 4.69) is 10.1 Å². The molecule has 0 heterocycles. The summed E-state index contributed by atoms with van der Waals surface area (Å²) in [5, 5.41) is 11.7. The normalized spacial score (nSPS) is 12.1. The van der Waals surface area contributed by atoms with Gasteiger partial charge in [0.05, 0.1) is 0 Å². The van der Waals surface area contributed by atoms with Crippen LogP contribution in [0, 0.1) is 5.41 Å². The van der Waals surface area contributed by atoms with Crippen molar-refractivity contribution in [1.29, 1.82) is 0 Å². The van der Waals surface area contributed by atoms with Gasteiger partial charge in [0.1, 0.15) is 5.75 Å². The van der Waals surface area contributed by atoms with Crippen molar-refractivity contribution in [3.63, 3.8) is 0 Å². The average Bonchev–Trinajstić information content (AvgIpc) is 2.42. The molecule has 4 nitrogen and oxygen atoms in total. The lowest BCUT2D eigenvalue weighted by atomic mass is 9.89. The fraction of sp³-hybridized carbons (Fsp3) is 0.533. The summed E-state index contributed by atoms with van der Waals surface area (Å²) in [5.74, 6) is -0.893. The number of aliphatic hydroxyl groups excluding tert-OH is 1. The van der Waals surface area contributed by atoms with E-state index in [0.717, 1.165) is 18.6 Å². The molecule has 1 aromatic carbocycles. The summed E-state index contributed by atoms with van der Waals surface area (Å²) >= 11 is 0. The SMILES string of the molecule is CC(C)(CO)CCCNC(=O)c1cccc(OC(F)(F)F)c1.